The van der Waals surface area contributed by atoms with E-state index in [1.54, 1.807) is 18.2 Å². The van der Waals surface area contributed by atoms with Gasteiger partial charge in [0.25, 0.3) is 0 Å². The number of nitrogens with zero attached hydrogens (tertiary/aromatic N) is 1. The van der Waals surface area contributed by atoms with Gasteiger partial charge in [0, 0.05) is 42.5 Å². The van der Waals surface area contributed by atoms with E-state index < -0.39 is 14.3 Å². The van der Waals surface area contributed by atoms with Crippen LogP contribution in [-0.4, -0.2) is 6.04 Å². The van der Waals surface area contributed by atoms with E-state index in [2.05, 4.69) is 125 Å². The molecule has 300 valence electrons. The molecule has 0 spiro atoms. The first-order valence-electron chi connectivity index (χ1n) is 20.7. The maximum absolute atomic E-state index is 16.6. The van der Waals surface area contributed by atoms with E-state index >= 15 is 9.13 Å². The van der Waals surface area contributed by atoms with Crippen molar-refractivity contribution in [2.45, 2.75) is 46.6 Å². The third-order valence-electron chi connectivity index (χ3n) is 11.2. The molecule has 0 fully saturated rings. The summed E-state index contributed by atoms with van der Waals surface area (Å²) in [5.41, 5.74) is 4.24. The van der Waals surface area contributed by atoms with Gasteiger partial charge in [0.05, 0.1) is 11.4 Å². The third kappa shape index (κ3) is 8.31. The summed E-state index contributed by atoms with van der Waals surface area (Å²) >= 11 is 0. The summed E-state index contributed by atoms with van der Waals surface area (Å²) in [6.45, 7) is 16.5. The Morgan fingerprint density at radius 3 is 2.02 bits per heavy atom. The average Bonchev–Trinajstić information content (AvgIpc) is 3.52. The molecule has 3 unspecified atom stereocenters. The topological polar surface area (TPSA) is 46.5 Å². The fraction of sp³-hybridized carbons (Fsp3) is 0.145. The summed E-state index contributed by atoms with van der Waals surface area (Å²) in [4.78, 5) is 5.57. The van der Waals surface area contributed by atoms with Crippen LogP contribution in [0.5, 0.6) is 0 Å². The molecule has 5 aromatic carbocycles. The Balaban J connectivity index is 1.69. The first-order valence-corrected chi connectivity index (χ1v) is 24.1. The SMILES string of the molecule is C=C/C=C(\C=C)P(=O)(c1ccccc1)c1cc(/C2=c3\ccc4ccccc4c3=NC(C)C3=C(/C=C\C2)CC=CC=C3)cc(P(=O)(C(/C=C\C)=C/C(C)C)c2ccccc2)c1. The van der Waals surface area contributed by atoms with Gasteiger partial charge < -0.3 is 9.13 Å². The van der Waals surface area contributed by atoms with Crippen molar-refractivity contribution in [3.8, 4) is 0 Å². The molecule has 7 rings (SSSR count). The van der Waals surface area contributed by atoms with Crippen molar-refractivity contribution < 1.29 is 9.13 Å². The third-order valence-corrected chi connectivity index (χ3v) is 17.3. The van der Waals surface area contributed by atoms with Gasteiger partial charge in [-0.3, -0.25) is 4.99 Å². The van der Waals surface area contributed by atoms with Crippen molar-refractivity contribution in [1.82, 2.24) is 0 Å². The zero-order chi connectivity index (χ0) is 42.3. The molecule has 0 aromatic heterocycles. The minimum absolute atomic E-state index is 0.114. The fourth-order valence-corrected chi connectivity index (χ4v) is 14.1. The highest BCUT2D eigenvalue weighted by atomic mass is 31.2. The van der Waals surface area contributed by atoms with Crippen molar-refractivity contribution in [2.24, 2.45) is 10.9 Å². The lowest BCUT2D eigenvalue weighted by Gasteiger charge is -2.27. The second-order valence-electron chi connectivity index (χ2n) is 15.5. The molecular weight excluding hydrogens is 769 g/mol. The summed E-state index contributed by atoms with van der Waals surface area (Å²) < 4.78 is 33.0. The highest BCUT2D eigenvalue weighted by Gasteiger charge is 2.36. The predicted octanol–water partition coefficient (Wildman–Crippen LogP) is 11.8. The van der Waals surface area contributed by atoms with Crippen LogP contribution in [0.15, 0.2) is 228 Å². The van der Waals surface area contributed by atoms with Crippen LogP contribution in [0.4, 0.5) is 0 Å². The van der Waals surface area contributed by atoms with E-state index in [1.165, 1.54) is 11.1 Å². The van der Waals surface area contributed by atoms with Crippen LogP contribution in [0.3, 0.4) is 0 Å². The Morgan fingerprint density at radius 1 is 0.733 bits per heavy atom. The monoisotopic (exact) mass is 821 g/mol. The minimum Gasteiger partial charge on any atom is -0.309 e. The molecule has 0 saturated heterocycles. The summed E-state index contributed by atoms with van der Waals surface area (Å²) in [6.07, 6.45) is 25.6. The van der Waals surface area contributed by atoms with Gasteiger partial charge in [-0.25, -0.2) is 0 Å². The number of hydrogen-bond donors (Lipinski definition) is 0. The minimum atomic E-state index is -3.65. The zero-order valence-electron chi connectivity index (χ0n) is 35.0. The Labute approximate surface area is 356 Å². The quantitative estimate of drug-likeness (QED) is 0.0984. The van der Waals surface area contributed by atoms with Gasteiger partial charge in [0.2, 0.25) is 0 Å². The number of allylic oxidation sites excluding steroid dienone is 14. The van der Waals surface area contributed by atoms with E-state index in [0.717, 1.165) is 44.2 Å². The summed E-state index contributed by atoms with van der Waals surface area (Å²) in [5.74, 6) is 0.114. The molecule has 3 atom stereocenters. The van der Waals surface area contributed by atoms with Crippen molar-refractivity contribution in [1.29, 1.82) is 0 Å². The largest absolute Gasteiger partial charge is 0.309 e. The van der Waals surface area contributed by atoms with Crippen LogP contribution in [-0.2, 0) is 9.13 Å². The summed E-state index contributed by atoms with van der Waals surface area (Å²) in [7, 11) is -7.25. The lowest BCUT2D eigenvalue weighted by Crippen LogP contribution is -2.31. The van der Waals surface area contributed by atoms with Gasteiger partial charge in [0.1, 0.15) is 0 Å². The Hall–Kier alpha value is -5.85. The van der Waals surface area contributed by atoms with Gasteiger partial charge in [-0.1, -0.05) is 197 Å². The average molecular weight is 822 g/mol. The molecule has 0 saturated carbocycles. The molecule has 5 heteroatoms. The van der Waals surface area contributed by atoms with Crippen LogP contribution in [0.25, 0.3) is 16.3 Å². The molecular formula is C55H53NO2P2. The highest BCUT2D eigenvalue weighted by molar-refractivity contribution is 7.84. The van der Waals surface area contributed by atoms with Crippen LogP contribution in [0, 0.1) is 5.92 Å². The molecule has 1 aliphatic heterocycles. The number of benzene rings is 5. The van der Waals surface area contributed by atoms with Crippen molar-refractivity contribution in [2.75, 3.05) is 0 Å². The fourth-order valence-electron chi connectivity index (χ4n) is 8.34. The van der Waals surface area contributed by atoms with Gasteiger partial charge in [-0.05, 0) is 78.5 Å². The van der Waals surface area contributed by atoms with Crippen LogP contribution < -0.4 is 31.8 Å². The molecule has 60 heavy (non-hydrogen) atoms. The number of hydrogen-bond acceptors (Lipinski definition) is 3. The summed E-state index contributed by atoms with van der Waals surface area (Å²) in [6, 6.07) is 38.0. The lowest BCUT2D eigenvalue weighted by molar-refractivity contribution is 0.590. The maximum atomic E-state index is 16.6. The standard InChI is InChI=1S/C55H53NO2P2/c1-7-22-45(9-3)59(57,46-27-14-11-15-28-46)49-37-44(38-50(39-49)60(58,47-29-16-12-17-30-47)48(23-8-2)36-40(4)5)52-33-21-26-42-24-13-10-18-31-51(42)41(6)56-55-53-32-20-19-25-43(53)34-35-54(52)55/h7-23,25-32,34-41H,1,3,24,33H2,2,4-6H3/b23-8-,26-21-,45-22+,48-36+,54-52+,56-55?. The Kier molecular flexibility index (Phi) is 13.1. The van der Waals surface area contributed by atoms with Crippen molar-refractivity contribution >= 4 is 51.8 Å². The Morgan fingerprint density at radius 2 is 1.38 bits per heavy atom. The van der Waals surface area contributed by atoms with Gasteiger partial charge >= 0.3 is 0 Å². The second-order valence-corrected chi connectivity index (χ2v) is 21.1. The van der Waals surface area contributed by atoms with Gasteiger partial charge in [-0.2, -0.15) is 0 Å². The van der Waals surface area contributed by atoms with E-state index in [1.807, 2.05) is 85.8 Å². The normalized spacial score (nSPS) is 19.4. The van der Waals surface area contributed by atoms with Gasteiger partial charge in [0.15, 0.2) is 14.3 Å². The van der Waals surface area contributed by atoms with E-state index in [4.69, 9.17) is 4.99 Å². The molecule has 0 amide bonds. The lowest BCUT2D eigenvalue weighted by atomic mass is 9.94. The Bertz CT molecular complexity index is 2900. The molecule has 3 nitrogen and oxygen atoms in total. The van der Waals surface area contributed by atoms with E-state index in [0.29, 0.717) is 33.0 Å². The number of fused-ring (bicyclic) bond motifs is 3. The molecule has 5 aromatic rings. The second kappa shape index (κ2) is 18.6. The first-order chi connectivity index (χ1) is 29.1. The molecule has 2 aliphatic rings. The molecule has 0 radical (unpaired) electrons. The number of rotatable bonds is 11. The molecule has 0 N–H and O–H groups in total. The smallest absolute Gasteiger partial charge is 0.171 e. The maximum Gasteiger partial charge on any atom is 0.171 e. The zero-order valence-corrected chi connectivity index (χ0v) is 36.8. The highest BCUT2D eigenvalue weighted by Crippen LogP contribution is 2.56. The van der Waals surface area contributed by atoms with Crippen LogP contribution in [0.1, 0.15) is 46.1 Å². The predicted molar refractivity (Wildman–Crippen MR) is 260 cm³/mol. The first kappa shape index (κ1) is 42.3. The summed E-state index contributed by atoms with van der Waals surface area (Å²) in [5, 5.41) is 7.86. The van der Waals surface area contributed by atoms with Crippen molar-refractivity contribution in [3.63, 3.8) is 0 Å². The molecule has 0 bridgehead atoms. The van der Waals surface area contributed by atoms with Crippen LogP contribution in [0.2, 0.25) is 0 Å². The van der Waals surface area contributed by atoms with E-state index in [-0.39, 0.29) is 12.0 Å². The molecule has 1 aliphatic carbocycles. The van der Waals surface area contributed by atoms with E-state index in [9.17, 15) is 0 Å². The van der Waals surface area contributed by atoms with Gasteiger partial charge in [-0.15, -0.1) is 0 Å². The molecule has 1 heterocycles. The van der Waals surface area contributed by atoms with Crippen molar-refractivity contribution in [3.05, 3.63) is 239 Å². The van der Waals surface area contributed by atoms with Crippen LogP contribution >= 0.6 is 14.3 Å².